The highest BCUT2D eigenvalue weighted by Gasteiger charge is 2.31. The van der Waals surface area contributed by atoms with Crippen molar-refractivity contribution in [3.05, 3.63) is 28.9 Å². The van der Waals surface area contributed by atoms with Crippen molar-refractivity contribution in [3.63, 3.8) is 0 Å². The molecule has 0 fully saturated rings. The maximum absolute atomic E-state index is 11.8. The Kier molecular flexibility index (Phi) is 1.67. The first-order chi connectivity index (χ1) is 5.02. The first-order valence-corrected chi connectivity index (χ1v) is 2.62. The number of hydrogen-bond donors (Lipinski definition) is 0. The van der Waals surface area contributed by atoms with Crippen LogP contribution < -0.4 is 5.69 Å². The molecule has 0 unspecified atom stereocenters. The van der Waals surface area contributed by atoms with E-state index in [9.17, 15) is 18.0 Å². The largest absolute Gasteiger partial charge is 0.492 e. The second-order valence-corrected chi connectivity index (χ2v) is 1.74. The molecule has 0 spiro atoms. The first kappa shape index (κ1) is 7.77. The normalized spacial score (nSPS) is 11.5. The average Bonchev–Trinajstić information content (AvgIpc) is 1.86. The molecule has 0 aliphatic heterocycles. The summed E-state index contributed by atoms with van der Waals surface area (Å²) in [6.07, 6.45) is -3.05. The Morgan fingerprint density at radius 2 is 2.09 bits per heavy atom. The number of alkyl halides is 3. The summed E-state index contributed by atoms with van der Waals surface area (Å²) < 4.78 is 34.9. The molecule has 3 nitrogen and oxygen atoms in total. The van der Waals surface area contributed by atoms with Gasteiger partial charge >= 0.3 is 12.0 Å². The smallest absolute Gasteiger partial charge is 0.245 e. The van der Waals surface area contributed by atoms with Gasteiger partial charge in [-0.3, -0.25) is 0 Å². The maximum Gasteiger partial charge on any atom is 0.492 e. The highest BCUT2D eigenvalue weighted by Crippen LogP contribution is 2.18. The summed E-state index contributed by atoms with van der Waals surface area (Å²) in [5.74, 6) is 0. The second kappa shape index (κ2) is 2.37. The van der Waals surface area contributed by atoms with Crippen molar-refractivity contribution in [1.29, 1.82) is 0 Å². The van der Waals surface area contributed by atoms with Gasteiger partial charge < -0.3 is 0 Å². The van der Waals surface area contributed by atoms with Crippen LogP contribution in [-0.4, -0.2) is 9.55 Å². The van der Waals surface area contributed by atoms with Gasteiger partial charge in [0.15, 0.2) is 0 Å². The van der Waals surface area contributed by atoms with Crippen molar-refractivity contribution < 1.29 is 13.2 Å². The molecule has 0 N–H and O–H groups in total. The molecule has 0 saturated heterocycles. The lowest BCUT2D eigenvalue weighted by atomic mass is 10.6. The van der Waals surface area contributed by atoms with Gasteiger partial charge in [-0.05, 0) is 6.07 Å². The van der Waals surface area contributed by atoms with Crippen LogP contribution in [0.15, 0.2) is 23.3 Å². The lowest BCUT2D eigenvalue weighted by Crippen LogP contribution is -2.31. The molecule has 1 rings (SSSR count). The third-order valence-corrected chi connectivity index (χ3v) is 0.985. The van der Waals surface area contributed by atoms with Gasteiger partial charge in [-0.25, -0.2) is 14.3 Å². The maximum atomic E-state index is 11.8. The molecule has 0 aliphatic carbocycles. The van der Waals surface area contributed by atoms with Crippen LogP contribution in [0.2, 0.25) is 0 Å². The lowest BCUT2D eigenvalue weighted by molar-refractivity contribution is -0.207. The van der Waals surface area contributed by atoms with Crippen molar-refractivity contribution in [3.8, 4) is 0 Å². The summed E-state index contributed by atoms with van der Waals surface area (Å²) in [7, 11) is 0. The van der Waals surface area contributed by atoms with E-state index in [1.807, 2.05) is 0 Å². The van der Waals surface area contributed by atoms with Crippen LogP contribution >= 0.6 is 0 Å². The van der Waals surface area contributed by atoms with E-state index in [2.05, 4.69) is 4.98 Å². The Balaban J connectivity index is 3.26. The fourth-order valence-electron chi connectivity index (χ4n) is 0.550. The summed E-state index contributed by atoms with van der Waals surface area (Å²) in [6, 6.07) is 1.04. The number of aromatic nitrogens is 2. The monoisotopic (exact) mass is 164 g/mol. The SMILES string of the molecule is O=c1ncccn1C(F)(F)F. The zero-order valence-electron chi connectivity index (χ0n) is 5.17. The van der Waals surface area contributed by atoms with E-state index in [0.29, 0.717) is 6.20 Å². The minimum absolute atomic E-state index is 0.396. The predicted octanol–water partition coefficient (Wildman–Crippen LogP) is 0.720. The summed E-state index contributed by atoms with van der Waals surface area (Å²) in [5, 5.41) is 0. The van der Waals surface area contributed by atoms with Crippen molar-refractivity contribution in [1.82, 2.24) is 9.55 Å². The Labute approximate surface area is 59.1 Å². The van der Waals surface area contributed by atoms with Gasteiger partial charge in [0.05, 0.1) is 0 Å². The van der Waals surface area contributed by atoms with Crippen molar-refractivity contribution >= 4 is 0 Å². The summed E-state index contributed by atoms with van der Waals surface area (Å²) >= 11 is 0. The van der Waals surface area contributed by atoms with Crippen LogP contribution in [-0.2, 0) is 6.30 Å². The fourth-order valence-corrected chi connectivity index (χ4v) is 0.550. The third-order valence-electron chi connectivity index (χ3n) is 0.985. The Bertz CT molecular complexity index is 303. The minimum Gasteiger partial charge on any atom is -0.245 e. The minimum atomic E-state index is -4.68. The standard InChI is InChI=1S/C5H3F3N2O/c6-5(7,8)10-3-1-2-9-4(10)11/h1-3H. The molecule has 0 bridgehead atoms. The highest BCUT2D eigenvalue weighted by molar-refractivity contribution is 4.82. The van der Waals surface area contributed by atoms with E-state index in [1.165, 1.54) is 0 Å². The Morgan fingerprint density at radius 3 is 2.45 bits per heavy atom. The van der Waals surface area contributed by atoms with Gasteiger partial charge in [0, 0.05) is 12.4 Å². The van der Waals surface area contributed by atoms with E-state index in [1.54, 1.807) is 0 Å². The zero-order valence-corrected chi connectivity index (χ0v) is 5.17. The molecule has 60 valence electrons. The zero-order chi connectivity index (χ0) is 8.48. The van der Waals surface area contributed by atoms with Crippen LogP contribution in [0.25, 0.3) is 0 Å². The molecular weight excluding hydrogens is 161 g/mol. The van der Waals surface area contributed by atoms with Gasteiger partial charge in [0.25, 0.3) is 0 Å². The molecule has 0 aromatic carbocycles. The molecule has 0 saturated carbocycles. The van der Waals surface area contributed by atoms with E-state index >= 15 is 0 Å². The number of halogens is 3. The topological polar surface area (TPSA) is 34.9 Å². The van der Waals surface area contributed by atoms with Crippen molar-refractivity contribution in [2.45, 2.75) is 6.30 Å². The third kappa shape index (κ3) is 1.57. The van der Waals surface area contributed by atoms with Gasteiger partial charge in [-0.15, -0.1) is 13.2 Å². The molecule has 1 heterocycles. The molecule has 0 amide bonds. The fraction of sp³-hybridized carbons (Fsp3) is 0.200. The van der Waals surface area contributed by atoms with E-state index in [4.69, 9.17) is 0 Å². The molecule has 0 atom stereocenters. The summed E-state index contributed by atoms with van der Waals surface area (Å²) in [6.45, 7) is 0. The van der Waals surface area contributed by atoms with Gasteiger partial charge in [0.2, 0.25) is 0 Å². The average molecular weight is 164 g/mol. The second-order valence-electron chi connectivity index (χ2n) is 1.74. The Morgan fingerprint density at radius 1 is 1.45 bits per heavy atom. The van der Waals surface area contributed by atoms with Gasteiger partial charge in [-0.1, -0.05) is 0 Å². The lowest BCUT2D eigenvalue weighted by Gasteiger charge is -2.06. The molecule has 0 aliphatic rings. The van der Waals surface area contributed by atoms with Gasteiger partial charge in [0.1, 0.15) is 0 Å². The van der Waals surface area contributed by atoms with Crippen LogP contribution in [0.1, 0.15) is 0 Å². The van der Waals surface area contributed by atoms with Crippen molar-refractivity contribution in [2.24, 2.45) is 0 Å². The molecule has 6 heteroatoms. The Hall–Kier alpha value is -1.33. The van der Waals surface area contributed by atoms with E-state index in [-0.39, 0.29) is 0 Å². The van der Waals surface area contributed by atoms with Crippen LogP contribution in [0.3, 0.4) is 0 Å². The molecule has 1 aromatic rings. The predicted molar refractivity (Wildman–Crippen MR) is 29.8 cm³/mol. The summed E-state index contributed by atoms with van der Waals surface area (Å²) in [4.78, 5) is 13.3. The van der Waals surface area contributed by atoms with Crippen LogP contribution in [0.5, 0.6) is 0 Å². The van der Waals surface area contributed by atoms with E-state index in [0.717, 1.165) is 12.3 Å². The van der Waals surface area contributed by atoms with Crippen molar-refractivity contribution in [2.75, 3.05) is 0 Å². The number of nitrogens with zero attached hydrogens (tertiary/aromatic N) is 2. The van der Waals surface area contributed by atoms with E-state index < -0.39 is 16.6 Å². The molecule has 1 aromatic heterocycles. The van der Waals surface area contributed by atoms with Gasteiger partial charge in [-0.2, -0.15) is 0 Å². The molecular formula is C5H3F3N2O. The summed E-state index contributed by atoms with van der Waals surface area (Å²) in [5.41, 5.74) is -1.32. The quantitative estimate of drug-likeness (QED) is 0.566. The number of hydrogen-bond acceptors (Lipinski definition) is 2. The molecule has 0 radical (unpaired) electrons. The highest BCUT2D eigenvalue weighted by atomic mass is 19.4. The first-order valence-electron chi connectivity index (χ1n) is 2.62. The van der Waals surface area contributed by atoms with Crippen LogP contribution in [0, 0.1) is 0 Å². The number of rotatable bonds is 0. The van der Waals surface area contributed by atoms with Crippen LogP contribution in [0.4, 0.5) is 13.2 Å². The molecule has 11 heavy (non-hydrogen) atoms.